The second-order valence-electron chi connectivity index (χ2n) is 6.50. The predicted octanol–water partition coefficient (Wildman–Crippen LogP) is 2.77. The zero-order valence-corrected chi connectivity index (χ0v) is 15.9. The third-order valence-corrected chi connectivity index (χ3v) is 4.47. The van der Waals surface area contributed by atoms with Gasteiger partial charge < -0.3 is 19.7 Å². The van der Waals surface area contributed by atoms with Gasteiger partial charge in [-0.3, -0.25) is 4.99 Å². The van der Waals surface area contributed by atoms with Gasteiger partial charge in [0.05, 0.1) is 19.8 Å². The Balaban J connectivity index is 1.67. The minimum atomic E-state index is -0.246. The van der Waals surface area contributed by atoms with Crippen molar-refractivity contribution in [3.63, 3.8) is 0 Å². The number of nitrogens with one attached hydrogen (secondary N) is 1. The Labute approximate surface area is 159 Å². The van der Waals surface area contributed by atoms with Crippen molar-refractivity contribution in [3.05, 3.63) is 59.5 Å². The van der Waals surface area contributed by atoms with Crippen molar-refractivity contribution in [2.45, 2.75) is 25.7 Å². The summed E-state index contributed by atoms with van der Waals surface area (Å²) in [6.07, 6.45) is 1.63. The molecule has 27 heavy (non-hydrogen) atoms. The largest absolute Gasteiger partial charge is 0.481 e. The first kappa shape index (κ1) is 19.1. The van der Waals surface area contributed by atoms with Crippen LogP contribution in [0.15, 0.2) is 47.6 Å². The van der Waals surface area contributed by atoms with Crippen LogP contribution in [0.2, 0.25) is 0 Å². The molecule has 0 saturated carbocycles. The summed E-state index contributed by atoms with van der Waals surface area (Å²) in [5.41, 5.74) is 2.02. The Morgan fingerprint density at radius 2 is 2.11 bits per heavy atom. The lowest BCUT2D eigenvalue weighted by atomic mass is 10.1. The molecule has 1 aliphatic heterocycles. The van der Waals surface area contributed by atoms with E-state index in [2.05, 4.69) is 20.2 Å². The molecule has 2 atom stereocenters. The van der Waals surface area contributed by atoms with E-state index in [1.807, 2.05) is 19.1 Å². The van der Waals surface area contributed by atoms with Gasteiger partial charge in [-0.05, 0) is 36.2 Å². The number of morpholine rings is 1. The fraction of sp³-hybridized carbons (Fsp3) is 0.400. The first-order chi connectivity index (χ1) is 13.1. The number of nitrogens with zero attached hydrogens (tertiary/aromatic N) is 3. The summed E-state index contributed by atoms with van der Waals surface area (Å²) < 4.78 is 24.4. The molecular formula is C20H25FN4O2. The molecule has 0 spiro atoms. The second kappa shape index (κ2) is 8.81. The van der Waals surface area contributed by atoms with Gasteiger partial charge in [0.1, 0.15) is 11.9 Å². The molecule has 1 aromatic carbocycles. The molecule has 1 aromatic heterocycles. The maximum Gasteiger partial charge on any atom is 0.213 e. The average molecular weight is 372 g/mol. The Kier molecular flexibility index (Phi) is 6.24. The molecule has 0 amide bonds. The number of methoxy groups -OCH3 is 1. The quantitative estimate of drug-likeness (QED) is 0.661. The number of guanidine groups is 1. The van der Waals surface area contributed by atoms with E-state index in [-0.39, 0.29) is 18.0 Å². The van der Waals surface area contributed by atoms with Crippen molar-refractivity contribution in [3.8, 4) is 5.88 Å². The minimum Gasteiger partial charge on any atom is -0.481 e. The van der Waals surface area contributed by atoms with Crippen LogP contribution in [0, 0.1) is 5.82 Å². The Hall–Kier alpha value is -2.67. The Morgan fingerprint density at radius 3 is 2.81 bits per heavy atom. The van der Waals surface area contributed by atoms with E-state index in [9.17, 15) is 4.39 Å². The highest BCUT2D eigenvalue weighted by Gasteiger charge is 2.28. The van der Waals surface area contributed by atoms with Gasteiger partial charge in [-0.1, -0.05) is 12.1 Å². The maximum atomic E-state index is 13.2. The number of ether oxygens (including phenoxy) is 2. The van der Waals surface area contributed by atoms with Gasteiger partial charge in [0.2, 0.25) is 5.88 Å². The summed E-state index contributed by atoms with van der Waals surface area (Å²) in [7, 11) is 3.37. The third-order valence-electron chi connectivity index (χ3n) is 4.47. The van der Waals surface area contributed by atoms with Crippen molar-refractivity contribution in [2.75, 3.05) is 27.2 Å². The number of aromatic nitrogens is 1. The number of hydrogen-bond acceptors (Lipinski definition) is 4. The lowest BCUT2D eigenvalue weighted by Crippen LogP contribution is -2.50. The molecule has 2 unspecified atom stereocenters. The molecule has 1 N–H and O–H groups in total. The zero-order chi connectivity index (χ0) is 19.2. The molecule has 7 heteroatoms. The van der Waals surface area contributed by atoms with Gasteiger partial charge in [0, 0.05) is 32.4 Å². The van der Waals surface area contributed by atoms with Gasteiger partial charge in [-0.25, -0.2) is 9.37 Å². The molecular weight excluding hydrogens is 347 g/mol. The fourth-order valence-electron chi connectivity index (χ4n) is 3.17. The van der Waals surface area contributed by atoms with E-state index < -0.39 is 0 Å². The Bertz CT molecular complexity index is 782. The lowest BCUT2D eigenvalue weighted by Gasteiger charge is -2.38. The van der Waals surface area contributed by atoms with Crippen LogP contribution < -0.4 is 10.1 Å². The predicted molar refractivity (Wildman–Crippen MR) is 102 cm³/mol. The van der Waals surface area contributed by atoms with Gasteiger partial charge in [0.25, 0.3) is 0 Å². The van der Waals surface area contributed by atoms with Gasteiger partial charge in [0.15, 0.2) is 5.96 Å². The summed E-state index contributed by atoms with van der Waals surface area (Å²) in [6.45, 7) is 4.02. The summed E-state index contributed by atoms with van der Waals surface area (Å²) in [5.74, 6) is 1.14. The molecule has 6 nitrogen and oxygen atoms in total. The molecule has 1 fully saturated rings. The van der Waals surface area contributed by atoms with E-state index in [0.717, 1.165) is 23.6 Å². The van der Waals surface area contributed by atoms with Gasteiger partial charge in [-0.2, -0.15) is 0 Å². The van der Waals surface area contributed by atoms with E-state index >= 15 is 0 Å². The molecule has 1 aliphatic rings. The minimum absolute atomic E-state index is 0.0355. The highest BCUT2D eigenvalue weighted by atomic mass is 19.1. The fourth-order valence-corrected chi connectivity index (χ4v) is 3.17. The number of hydrogen-bond donors (Lipinski definition) is 1. The molecule has 0 radical (unpaired) electrons. The topological polar surface area (TPSA) is 59.0 Å². The highest BCUT2D eigenvalue weighted by molar-refractivity contribution is 5.80. The molecule has 2 heterocycles. The lowest BCUT2D eigenvalue weighted by molar-refractivity contribution is -0.0605. The number of benzene rings is 1. The van der Waals surface area contributed by atoms with Crippen molar-refractivity contribution in [1.29, 1.82) is 0 Å². The van der Waals surface area contributed by atoms with E-state index in [0.29, 0.717) is 19.0 Å². The maximum absolute atomic E-state index is 13.2. The Morgan fingerprint density at radius 1 is 1.33 bits per heavy atom. The number of rotatable bonds is 4. The molecule has 2 aromatic rings. The van der Waals surface area contributed by atoms with Crippen molar-refractivity contribution < 1.29 is 13.9 Å². The second-order valence-corrected chi connectivity index (χ2v) is 6.50. The van der Waals surface area contributed by atoms with Crippen LogP contribution in [0.4, 0.5) is 4.39 Å². The highest BCUT2D eigenvalue weighted by Crippen LogP contribution is 2.25. The SMILES string of the molecule is CN=C(NCc1ccnc(OC)c1)N1CC(C)OC(c2ccc(F)cc2)C1. The summed E-state index contributed by atoms with van der Waals surface area (Å²) >= 11 is 0. The summed E-state index contributed by atoms with van der Waals surface area (Å²) in [5, 5.41) is 3.39. The summed E-state index contributed by atoms with van der Waals surface area (Å²) in [4.78, 5) is 10.7. The molecule has 0 aliphatic carbocycles. The number of halogens is 1. The third kappa shape index (κ3) is 4.95. The van der Waals surface area contributed by atoms with Crippen molar-refractivity contribution in [1.82, 2.24) is 15.2 Å². The monoisotopic (exact) mass is 372 g/mol. The van der Waals surface area contributed by atoms with Crippen LogP contribution in [0.25, 0.3) is 0 Å². The number of aliphatic imine (C=N–C) groups is 1. The van der Waals surface area contributed by atoms with Crippen LogP contribution in [-0.2, 0) is 11.3 Å². The van der Waals surface area contributed by atoms with Crippen LogP contribution in [0.1, 0.15) is 24.2 Å². The van der Waals surface area contributed by atoms with E-state index in [1.54, 1.807) is 32.5 Å². The standard InChI is InChI=1S/C20H25FN4O2/c1-14-12-25(13-18(27-14)16-4-6-17(21)7-5-16)20(22-2)24-11-15-8-9-23-19(10-15)26-3/h4-10,14,18H,11-13H2,1-3H3,(H,22,24). The van der Waals surface area contributed by atoms with Gasteiger partial charge in [-0.15, -0.1) is 0 Å². The molecule has 3 rings (SSSR count). The molecule has 1 saturated heterocycles. The average Bonchev–Trinajstić information content (AvgIpc) is 2.69. The van der Waals surface area contributed by atoms with E-state index in [4.69, 9.17) is 9.47 Å². The van der Waals surface area contributed by atoms with Crippen LogP contribution >= 0.6 is 0 Å². The molecule has 144 valence electrons. The normalized spacial score (nSPS) is 20.4. The van der Waals surface area contributed by atoms with Crippen LogP contribution in [-0.4, -0.2) is 49.2 Å². The smallest absolute Gasteiger partial charge is 0.213 e. The van der Waals surface area contributed by atoms with Crippen LogP contribution in [0.3, 0.4) is 0 Å². The molecule has 0 bridgehead atoms. The van der Waals surface area contributed by atoms with Crippen molar-refractivity contribution in [2.24, 2.45) is 4.99 Å². The van der Waals surface area contributed by atoms with Crippen molar-refractivity contribution >= 4 is 5.96 Å². The number of pyridine rings is 1. The van der Waals surface area contributed by atoms with Gasteiger partial charge >= 0.3 is 0 Å². The zero-order valence-electron chi connectivity index (χ0n) is 15.9. The summed E-state index contributed by atoms with van der Waals surface area (Å²) in [6, 6.07) is 10.3. The first-order valence-corrected chi connectivity index (χ1v) is 8.94. The van der Waals surface area contributed by atoms with Crippen LogP contribution in [0.5, 0.6) is 5.88 Å². The van der Waals surface area contributed by atoms with E-state index in [1.165, 1.54) is 12.1 Å². The first-order valence-electron chi connectivity index (χ1n) is 8.94.